The molecule has 4 rings (SSSR count). The second kappa shape index (κ2) is 7.41. The molecule has 3 aromatic rings. The number of fused-ring (bicyclic) bond motifs is 1. The fraction of sp³-hybridized carbons (Fsp3) is 0.100. The van der Waals surface area contributed by atoms with Gasteiger partial charge in [0.05, 0.1) is 5.69 Å². The van der Waals surface area contributed by atoms with Crippen molar-refractivity contribution < 1.29 is 14.3 Å². The molecule has 1 aliphatic heterocycles. The molecule has 2 aromatic carbocycles. The fourth-order valence-electron chi connectivity index (χ4n) is 2.55. The molecule has 0 radical (unpaired) electrons. The number of anilines is 1. The molecule has 1 aromatic heterocycles. The van der Waals surface area contributed by atoms with Crippen LogP contribution in [0.3, 0.4) is 0 Å². The lowest BCUT2D eigenvalue weighted by molar-refractivity contribution is -0.111. The van der Waals surface area contributed by atoms with Crippen molar-refractivity contribution in [2.45, 2.75) is 0 Å². The van der Waals surface area contributed by atoms with Gasteiger partial charge >= 0.3 is 0 Å². The number of benzene rings is 2. The molecule has 2 heterocycles. The first-order chi connectivity index (χ1) is 12.8. The summed E-state index contributed by atoms with van der Waals surface area (Å²) in [5.41, 5.74) is 2.68. The summed E-state index contributed by atoms with van der Waals surface area (Å²) in [5, 5.41) is 5.25. The Bertz CT molecular complexity index is 951. The zero-order valence-electron chi connectivity index (χ0n) is 13.8. The van der Waals surface area contributed by atoms with E-state index in [0.717, 1.165) is 28.3 Å². The predicted molar refractivity (Wildman–Crippen MR) is 103 cm³/mol. The molecule has 0 aliphatic carbocycles. The molecule has 0 saturated heterocycles. The van der Waals surface area contributed by atoms with E-state index in [9.17, 15) is 4.79 Å². The van der Waals surface area contributed by atoms with Gasteiger partial charge in [0.15, 0.2) is 16.6 Å². The number of amides is 1. The van der Waals surface area contributed by atoms with Crippen LogP contribution >= 0.6 is 11.3 Å². The van der Waals surface area contributed by atoms with Crippen LogP contribution in [0, 0.1) is 0 Å². The van der Waals surface area contributed by atoms with Gasteiger partial charge in [-0.2, -0.15) is 0 Å². The molecule has 1 amide bonds. The molecule has 0 spiro atoms. The lowest BCUT2D eigenvalue weighted by Crippen LogP contribution is -2.15. The number of hydrogen-bond donors (Lipinski definition) is 1. The zero-order chi connectivity index (χ0) is 17.8. The number of carbonyl (C=O) groups excluding carboxylic acids is 1. The van der Waals surface area contributed by atoms with E-state index in [-0.39, 0.29) is 5.91 Å². The van der Waals surface area contributed by atoms with Gasteiger partial charge in [-0.15, -0.1) is 11.3 Å². The van der Waals surface area contributed by atoms with Crippen LogP contribution in [0.25, 0.3) is 17.3 Å². The molecule has 0 unspecified atom stereocenters. The van der Waals surface area contributed by atoms with Crippen molar-refractivity contribution in [1.29, 1.82) is 0 Å². The average molecular weight is 364 g/mol. The molecule has 0 fully saturated rings. The monoisotopic (exact) mass is 364 g/mol. The molecule has 1 aliphatic rings. The molecule has 26 heavy (non-hydrogen) atoms. The van der Waals surface area contributed by atoms with Crippen molar-refractivity contribution in [2.75, 3.05) is 18.5 Å². The highest BCUT2D eigenvalue weighted by Gasteiger charge is 2.14. The van der Waals surface area contributed by atoms with E-state index in [2.05, 4.69) is 10.3 Å². The summed E-state index contributed by atoms with van der Waals surface area (Å²) in [7, 11) is 0. The first-order valence-corrected chi connectivity index (χ1v) is 9.05. The summed E-state index contributed by atoms with van der Waals surface area (Å²) in [6.45, 7) is 1.11. The van der Waals surface area contributed by atoms with E-state index in [1.54, 1.807) is 6.08 Å². The lowest BCUT2D eigenvalue weighted by Gasteiger charge is -2.18. The molecule has 0 bridgehead atoms. The van der Waals surface area contributed by atoms with Gasteiger partial charge in [0.25, 0.3) is 0 Å². The summed E-state index contributed by atoms with van der Waals surface area (Å²) in [6, 6.07) is 15.4. The molecule has 130 valence electrons. The Balaban J connectivity index is 1.45. The summed E-state index contributed by atoms with van der Waals surface area (Å²) in [4.78, 5) is 16.5. The number of carbonyl (C=O) groups is 1. The minimum Gasteiger partial charge on any atom is -0.486 e. The highest BCUT2D eigenvalue weighted by atomic mass is 32.1. The third kappa shape index (κ3) is 3.75. The van der Waals surface area contributed by atoms with Gasteiger partial charge in [0, 0.05) is 17.0 Å². The summed E-state index contributed by atoms with van der Waals surface area (Å²) >= 11 is 1.38. The van der Waals surface area contributed by atoms with Gasteiger partial charge in [-0.1, -0.05) is 30.3 Å². The van der Waals surface area contributed by atoms with Crippen molar-refractivity contribution >= 4 is 28.5 Å². The Morgan fingerprint density at radius 2 is 1.88 bits per heavy atom. The maximum atomic E-state index is 12.1. The number of nitrogens with one attached hydrogen (secondary N) is 1. The number of rotatable bonds is 4. The topological polar surface area (TPSA) is 60.5 Å². The van der Waals surface area contributed by atoms with Crippen molar-refractivity contribution in [3.8, 4) is 22.8 Å². The first kappa shape index (κ1) is 16.4. The second-order valence-corrected chi connectivity index (χ2v) is 6.49. The third-order valence-corrected chi connectivity index (χ3v) is 4.56. The zero-order valence-corrected chi connectivity index (χ0v) is 14.7. The van der Waals surface area contributed by atoms with Crippen LogP contribution in [-0.2, 0) is 4.79 Å². The van der Waals surface area contributed by atoms with Crippen LogP contribution in [0.1, 0.15) is 5.56 Å². The summed E-state index contributed by atoms with van der Waals surface area (Å²) in [5.74, 6) is 1.25. The van der Waals surface area contributed by atoms with E-state index in [0.29, 0.717) is 18.3 Å². The van der Waals surface area contributed by atoms with Gasteiger partial charge < -0.3 is 9.47 Å². The Labute approximate surface area is 154 Å². The van der Waals surface area contributed by atoms with Gasteiger partial charge in [-0.25, -0.2) is 4.98 Å². The summed E-state index contributed by atoms with van der Waals surface area (Å²) < 4.78 is 11.1. The normalized spacial score (nSPS) is 12.9. The SMILES string of the molecule is O=C(/C=C/c1ccccc1)Nc1nc(-c2ccc3c(c2)OCCO3)cs1. The number of ether oxygens (including phenoxy) is 2. The van der Waals surface area contributed by atoms with E-state index >= 15 is 0 Å². The van der Waals surface area contributed by atoms with Gasteiger partial charge in [0.2, 0.25) is 5.91 Å². The largest absolute Gasteiger partial charge is 0.486 e. The van der Waals surface area contributed by atoms with Crippen molar-refractivity contribution in [3.63, 3.8) is 0 Å². The number of nitrogens with zero attached hydrogens (tertiary/aromatic N) is 1. The molecule has 6 heteroatoms. The van der Waals surface area contributed by atoms with E-state index in [1.165, 1.54) is 17.4 Å². The average Bonchev–Trinajstić information content (AvgIpc) is 3.15. The molecule has 1 N–H and O–H groups in total. The van der Waals surface area contributed by atoms with Crippen LogP contribution < -0.4 is 14.8 Å². The Hall–Kier alpha value is -3.12. The highest BCUT2D eigenvalue weighted by Crippen LogP contribution is 2.35. The third-order valence-electron chi connectivity index (χ3n) is 3.80. The number of aromatic nitrogens is 1. The molecule has 0 atom stereocenters. The van der Waals surface area contributed by atoms with Gasteiger partial charge in [-0.05, 0) is 29.8 Å². The van der Waals surface area contributed by atoms with Crippen molar-refractivity contribution in [2.24, 2.45) is 0 Å². The predicted octanol–water partition coefficient (Wildman–Crippen LogP) is 4.23. The van der Waals surface area contributed by atoms with Crippen LogP contribution in [0.5, 0.6) is 11.5 Å². The molecule has 5 nitrogen and oxygen atoms in total. The van der Waals surface area contributed by atoms with Crippen LogP contribution in [-0.4, -0.2) is 24.1 Å². The van der Waals surface area contributed by atoms with Crippen molar-refractivity contribution in [1.82, 2.24) is 4.98 Å². The Kier molecular flexibility index (Phi) is 4.66. The Morgan fingerprint density at radius 3 is 2.73 bits per heavy atom. The van der Waals surface area contributed by atoms with Crippen LogP contribution in [0.4, 0.5) is 5.13 Å². The quantitative estimate of drug-likeness (QED) is 0.704. The minimum atomic E-state index is -0.211. The standard InChI is InChI=1S/C20H16N2O3S/c23-19(9-6-14-4-2-1-3-5-14)22-20-21-16(13-26-20)15-7-8-17-18(12-15)25-11-10-24-17/h1-9,12-13H,10-11H2,(H,21,22,23)/b9-6+. The van der Waals surface area contributed by atoms with E-state index in [1.807, 2.05) is 53.9 Å². The van der Waals surface area contributed by atoms with Crippen LogP contribution in [0.15, 0.2) is 60.0 Å². The molecule has 0 saturated carbocycles. The lowest BCUT2D eigenvalue weighted by atomic mass is 10.1. The fourth-order valence-corrected chi connectivity index (χ4v) is 3.27. The first-order valence-electron chi connectivity index (χ1n) is 8.17. The van der Waals surface area contributed by atoms with E-state index in [4.69, 9.17) is 9.47 Å². The molecular formula is C20H16N2O3S. The Morgan fingerprint density at radius 1 is 1.08 bits per heavy atom. The van der Waals surface area contributed by atoms with Crippen molar-refractivity contribution in [3.05, 3.63) is 65.6 Å². The minimum absolute atomic E-state index is 0.211. The van der Waals surface area contributed by atoms with E-state index < -0.39 is 0 Å². The number of hydrogen-bond acceptors (Lipinski definition) is 5. The summed E-state index contributed by atoms with van der Waals surface area (Å²) in [6.07, 6.45) is 3.27. The highest BCUT2D eigenvalue weighted by molar-refractivity contribution is 7.14. The number of thiazole rings is 1. The maximum absolute atomic E-state index is 12.1. The second-order valence-electron chi connectivity index (χ2n) is 5.63. The van der Waals surface area contributed by atoms with Gasteiger partial charge in [0.1, 0.15) is 13.2 Å². The maximum Gasteiger partial charge on any atom is 0.250 e. The smallest absolute Gasteiger partial charge is 0.250 e. The molecular weight excluding hydrogens is 348 g/mol. The van der Waals surface area contributed by atoms with Gasteiger partial charge in [-0.3, -0.25) is 10.1 Å². The van der Waals surface area contributed by atoms with Crippen LogP contribution in [0.2, 0.25) is 0 Å².